The highest BCUT2D eigenvalue weighted by molar-refractivity contribution is 9.10. The van der Waals surface area contributed by atoms with Gasteiger partial charge in [0.25, 0.3) is 0 Å². The average molecular weight is 301 g/mol. The van der Waals surface area contributed by atoms with Crippen LogP contribution in [-0.2, 0) is 0 Å². The fourth-order valence-corrected chi connectivity index (χ4v) is 1.63. The number of ether oxygens (including phenoxy) is 1. The van der Waals surface area contributed by atoms with Gasteiger partial charge >= 0.3 is 0 Å². The fourth-order valence-electron chi connectivity index (χ4n) is 1.22. The minimum Gasteiger partial charge on any atom is -0.495 e. The molecule has 0 heterocycles. The molecular weight excluding hydrogens is 284 g/mol. The molecule has 0 atom stereocenters. The van der Waals surface area contributed by atoms with E-state index in [-0.39, 0.29) is 0 Å². The van der Waals surface area contributed by atoms with Crippen LogP contribution in [0.4, 0.5) is 5.69 Å². The van der Waals surface area contributed by atoms with E-state index >= 15 is 0 Å². The van der Waals surface area contributed by atoms with Gasteiger partial charge in [-0.25, -0.2) is 5.84 Å². The minimum atomic E-state index is 0.538. The van der Waals surface area contributed by atoms with E-state index in [0.717, 1.165) is 28.9 Å². The number of nitrogens with two attached hydrogens (primary N) is 1. The number of nitrogens with zero attached hydrogens (tertiary/aromatic N) is 1. The van der Waals surface area contributed by atoms with Crippen molar-refractivity contribution >= 4 is 27.6 Å². The average Bonchev–Trinajstić information content (AvgIpc) is 2.36. The summed E-state index contributed by atoms with van der Waals surface area (Å²) in [6.45, 7) is 2.78. The summed E-state index contributed by atoms with van der Waals surface area (Å²) in [5.74, 6) is 6.67. The number of rotatable bonds is 4. The molecule has 0 fully saturated rings. The van der Waals surface area contributed by atoms with Crippen molar-refractivity contribution < 1.29 is 4.74 Å². The number of hydrogen-bond acceptors (Lipinski definition) is 3. The largest absolute Gasteiger partial charge is 0.495 e. The van der Waals surface area contributed by atoms with E-state index in [9.17, 15) is 0 Å². The number of aliphatic imine (C=N–C) groups is 1. The summed E-state index contributed by atoms with van der Waals surface area (Å²) >= 11 is 3.39. The summed E-state index contributed by atoms with van der Waals surface area (Å²) in [4.78, 5) is 4.25. The molecule has 0 amide bonds. The van der Waals surface area contributed by atoms with Crippen molar-refractivity contribution in [2.45, 2.75) is 13.3 Å². The van der Waals surface area contributed by atoms with Gasteiger partial charge in [-0.3, -0.25) is 10.4 Å². The lowest BCUT2D eigenvalue weighted by atomic mass is 10.3. The van der Waals surface area contributed by atoms with Crippen molar-refractivity contribution in [2.75, 3.05) is 19.0 Å². The summed E-state index contributed by atoms with van der Waals surface area (Å²) in [5, 5.41) is 3.08. The van der Waals surface area contributed by atoms with Gasteiger partial charge in [0, 0.05) is 18.3 Å². The van der Waals surface area contributed by atoms with E-state index in [0.29, 0.717) is 5.96 Å². The van der Waals surface area contributed by atoms with Crippen LogP contribution in [0.5, 0.6) is 5.75 Å². The van der Waals surface area contributed by atoms with Gasteiger partial charge in [0.2, 0.25) is 5.96 Å². The van der Waals surface area contributed by atoms with Gasteiger partial charge < -0.3 is 10.1 Å². The number of hydrazine groups is 1. The SMILES string of the molecule is CCCN=C(NN)Nc1ccc(Br)c(OC)c1. The molecular formula is C11H17BrN4O. The second-order valence-electron chi connectivity index (χ2n) is 3.35. The molecule has 0 unspecified atom stereocenters. The van der Waals surface area contributed by atoms with Crippen molar-refractivity contribution in [1.82, 2.24) is 5.43 Å². The Morgan fingerprint density at radius 2 is 2.29 bits per heavy atom. The number of anilines is 1. The van der Waals surface area contributed by atoms with Gasteiger partial charge in [-0.2, -0.15) is 0 Å². The number of benzene rings is 1. The van der Waals surface area contributed by atoms with Crippen LogP contribution < -0.4 is 21.3 Å². The topological polar surface area (TPSA) is 71.7 Å². The first-order chi connectivity index (χ1) is 8.21. The van der Waals surface area contributed by atoms with Crippen molar-refractivity contribution in [3.05, 3.63) is 22.7 Å². The molecule has 0 radical (unpaired) electrons. The highest BCUT2D eigenvalue weighted by Gasteiger charge is 2.03. The standard InChI is InChI=1S/C11H17BrN4O/c1-3-6-14-11(16-13)15-8-4-5-9(12)10(7-8)17-2/h4-5,7H,3,6,13H2,1-2H3,(H2,14,15,16). The van der Waals surface area contributed by atoms with Gasteiger partial charge in [-0.05, 0) is 34.5 Å². The van der Waals surface area contributed by atoms with Crippen LogP contribution in [0.1, 0.15) is 13.3 Å². The molecule has 0 saturated carbocycles. The molecule has 5 nitrogen and oxygen atoms in total. The van der Waals surface area contributed by atoms with Gasteiger partial charge in [-0.15, -0.1) is 0 Å². The summed E-state index contributed by atoms with van der Waals surface area (Å²) in [5.41, 5.74) is 3.38. The van der Waals surface area contributed by atoms with Crippen LogP contribution in [0.15, 0.2) is 27.7 Å². The Morgan fingerprint density at radius 3 is 2.88 bits per heavy atom. The summed E-state index contributed by atoms with van der Waals surface area (Å²) in [6, 6.07) is 5.67. The Labute approximate surface area is 110 Å². The Hall–Kier alpha value is -1.27. The molecule has 0 aliphatic heterocycles. The predicted octanol–water partition coefficient (Wildman–Crippen LogP) is 2.10. The lowest BCUT2D eigenvalue weighted by Gasteiger charge is -2.11. The van der Waals surface area contributed by atoms with Gasteiger partial charge in [-0.1, -0.05) is 6.92 Å². The van der Waals surface area contributed by atoms with Crippen molar-refractivity contribution in [3.63, 3.8) is 0 Å². The highest BCUT2D eigenvalue weighted by atomic mass is 79.9. The van der Waals surface area contributed by atoms with Gasteiger partial charge in [0.1, 0.15) is 5.75 Å². The number of guanidine groups is 1. The molecule has 1 rings (SSSR count). The molecule has 0 saturated heterocycles. The normalized spacial score (nSPS) is 11.2. The van der Waals surface area contributed by atoms with Crippen LogP contribution in [0.3, 0.4) is 0 Å². The molecule has 1 aromatic rings. The zero-order chi connectivity index (χ0) is 12.7. The molecule has 0 aromatic heterocycles. The number of hydrogen-bond donors (Lipinski definition) is 3. The smallest absolute Gasteiger partial charge is 0.210 e. The Kier molecular flexibility index (Phi) is 5.79. The third-order valence-electron chi connectivity index (χ3n) is 2.04. The highest BCUT2D eigenvalue weighted by Crippen LogP contribution is 2.27. The number of nitrogens with one attached hydrogen (secondary N) is 2. The molecule has 1 aromatic carbocycles. The molecule has 0 bridgehead atoms. The third kappa shape index (κ3) is 4.24. The van der Waals surface area contributed by atoms with Crippen LogP contribution in [-0.4, -0.2) is 19.6 Å². The van der Waals surface area contributed by atoms with Gasteiger partial charge in [0.05, 0.1) is 11.6 Å². The van der Waals surface area contributed by atoms with Crippen LogP contribution >= 0.6 is 15.9 Å². The first-order valence-electron chi connectivity index (χ1n) is 5.33. The number of halogens is 1. The maximum Gasteiger partial charge on any atom is 0.210 e. The fraction of sp³-hybridized carbons (Fsp3) is 0.364. The van der Waals surface area contributed by atoms with E-state index in [1.54, 1.807) is 7.11 Å². The lowest BCUT2D eigenvalue weighted by molar-refractivity contribution is 0.412. The lowest BCUT2D eigenvalue weighted by Crippen LogP contribution is -2.36. The van der Waals surface area contributed by atoms with Crippen LogP contribution in [0.2, 0.25) is 0 Å². The molecule has 4 N–H and O–H groups in total. The Bertz CT molecular complexity index is 395. The van der Waals surface area contributed by atoms with Gasteiger partial charge in [0.15, 0.2) is 0 Å². The van der Waals surface area contributed by atoms with Crippen molar-refractivity contribution in [3.8, 4) is 5.75 Å². The van der Waals surface area contributed by atoms with Crippen molar-refractivity contribution in [2.24, 2.45) is 10.8 Å². The monoisotopic (exact) mass is 300 g/mol. The molecule has 17 heavy (non-hydrogen) atoms. The predicted molar refractivity (Wildman–Crippen MR) is 74.2 cm³/mol. The first kappa shape index (κ1) is 13.8. The van der Waals surface area contributed by atoms with E-state index in [1.165, 1.54) is 0 Å². The molecule has 0 spiro atoms. The molecule has 94 valence electrons. The second kappa shape index (κ2) is 7.13. The maximum atomic E-state index is 5.38. The van der Waals surface area contributed by atoms with E-state index in [4.69, 9.17) is 10.6 Å². The first-order valence-corrected chi connectivity index (χ1v) is 6.12. The summed E-state index contributed by atoms with van der Waals surface area (Å²) in [7, 11) is 1.62. The number of methoxy groups -OCH3 is 1. The zero-order valence-corrected chi connectivity index (χ0v) is 11.5. The second-order valence-corrected chi connectivity index (χ2v) is 4.20. The molecule has 0 aliphatic carbocycles. The maximum absolute atomic E-state index is 5.38. The molecule has 6 heteroatoms. The van der Waals surface area contributed by atoms with Crippen LogP contribution in [0, 0.1) is 0 Å². The summed E-state index contributed by atoms with van der Waals surface area (Å²) in [6.07, 6.45) is 0.969. The Morgan fingerprint density at radius 1 is 1.53 bits per heavy atom. The summed E-state index contributed by atoms with van der Waals surface area (Å²) < 4.78 is 6.10. The van der Waals surface area contributed by atoms with Crippen LogP contribution in [0.25, 0.3) is 0 Å². The van der Waals surface area contributed by atoms with Crippen molar-refractivity contribution in [1.29, 1.82) is 0 Å². The van der Waals surface area contributed by atoms with E-state index < -0.39 is 0 Å². The zero-order valence-electron chi connectivity index (χ0n) is 9.96. The molecule has 0 aliphatic rings. The third-order valence-corrected chi connectivity index (χ3v) is 2.70. The minimum absolute atomic E-state index is 0.538. The quantitative estimate of drug-likeness (QED) is 0.345. The Balaban J connectivity index is 2.79. The van der Waals surface area contributed by atoms with E-state index in [1.807, 2.05) is 18.2 Å². The van der Waals surface area contributed by atoms with E-state index in [2.05, 4.69) is 38.6 Å².